The molecule has 3 aromatic rings. The Hall–Kier alpha value is -2.98. The summed E-state index contributed by atoms with van der Waals surface area (Å²) in [4.78, 5) is 20.9. The molecule has 0 unspecified atom stereocenters. The number of para-hydroxylation sites is 1. The highest BCUT2D eigenvalue weighted by atomic mass is 32.2. The van der Waals surface area contributed by atoms with Crippen molar-refractivity contribution in [3.8, 4) is 5.69 Å². The maximum absolute atomic E-state index is 13.7. The summed E-state index contributed by atoms with van der Waals surface area (Å²) >= 11 is 0. The van der Waals surface area contributed by atoms with Crippen molar-refractivity contribution in [2.24, 2.45) is 5.92 Å². The van der Waals surface area contributed by atoms with E-state index in [4.69, 9.17) is 14.8 Å². The fraction of sp³-hybridized carbons (Fsp3) is 0.536. The Balaban J connectivity index is 1.52. The predicted molar refractivity (Wildman–Crippen MR) is 146 cm³/mol. The lowest BCUT2D eigenvalue weighted by atomic mass is 9.82. The number of hydrogen-bond acceptors (Lipinski definition) is 7. The van der Waals surface area contributed by atoms with Gasteiger partial charge in [0, 0.05) is 39.3 Å². The summed E-state index contributed by atoms with van der Waals surface area (Å²) in [5.41, 5.74) is 3.62. The number of carbonyl (C=O) groups excluding carboxylic acids is 1. The molecule has 1 aromatic carbocycles. The van der Waals surface area contributed by atoms with Crippen LogP contribution in [0.25, 0.3) is 16.7 Å². The average molecular weight is 538 g/mol. The lowest BCUT2D eigenvalue weighted by Crippen LogP contribution is -2.42. The first-order chi connectivity index (χ1) is 18.5. The molecule has 202 valence electrons. The van der Waals surface area contributed by atoms with E-state index in [-0.39, 0.29) is 18.0 Å². The first-order valence-electron chi connectivity index (χ1n) is 13.7. The molecule has 1 amide bonds. The van der Waals surface area contributed by atoms with Crippen LogP contribution in [-0.2, 0) is 14.8 Å². The van der Waals surface area contributed by atoms with Crippen molar-refractivity contribution in [2.75, 3.05) is 44.0 Å². The number of methoxy groups -OCH3 is 1. The van der Waals surface area contributed by atoms with E-state index in [1.165, 1.54) is 6.42 Å². The van der Waals surface area contributed by atoms with Crippen LogP contribution in [0.4, 0.5) is 5.69 Å². The van der Waals surface area contributed by atoms with E-state index >= 15 is 0 Å². The molecule has 10 heteroatoms. The third kappa shape index (κ3) is 4.58. The topological polar surface area (TPSA) is 97.6 Å². The molecular formula is C28H35N5O4S. The summed E-state index contributed by atoms with van der Waals surface area (Å²) in [6.45, 7) is 2.62. The predicted octanol–water partition coefficient (Wildman–Crippen LogP) is 4.12. The van der Waals surface area contributed by atoms with Crippen LogP contribution in [0, 0.1) is 5.92 Å². The second-order valence-corrected chi connectivity index (χ2v) is 12.8. The third-order valence-corrected chi connectivity index (χ3v) is 10.1. The lowest BCUT2D eigenvalue weighted by Gasteiger charge is -2.34. The Kier molecular flexibility index (Phi) is 6.86. The highest BCUT2D eigenvalue weighted by molar-refractivity contribution is 7.89. The second kappa shape index (κ2) is 10.3. The van der Waals surface area contributed by atoms with Crippen LogP contribution < -0.4 is 4.90 Å². The minimum Gasteiger partial charge on any atom is -0.384 e. The number of hydrogen-bond donors (Lipinski definition) is 0. The molecule has 0 spiro atoms. The number of ether oxygens (including phenoxy) is 1. The number of anilines is 1. The maximum Gasteiger partial charge on any atom is 0.286 e. The Morgan fingerprint density at radius 1 is 1.03 bits per heavy atom. The van der Waals surface area contributed by atoms with Crippen molar-refractivity contribution in [2.45, 2.75) is 50.9 Å². The van der Waals surface area contributed by atoms with Gasteiger partial charge in [-0.3, -0.25) is 4.79 Å². The molecule has 4 heterocycles. The minimum atomic E-state index is -3.65. The largest absolute Gasteiger partial charge is 0.384 e. The maximum atomic E-state index is 13.7. The Morgan fingerprint density at radius 3 is 2.45 bits per heavy atom. The Bertz CT molecular complexity index is 1430. The van der Waals surface area contributed by atoms with Crippen LogP contribution in [0.1, 0.15) is 67.0 Å². The summed E-state index contributed by atoms with van der Waals surface area (Å²) in [7, 11) is -1.90. The summed E-state index contributed by atoms with van der Waals surface area (Å²) in [5.74, 6) is 0.312. The molecule has 3 fully saturated rings. The average Bonchev–Trinajstić information content (AvgIpc) is 3.27. The molecule has 2 saturated heterocycles. The molecule has 6 rings (SSSR count). The number of aromatic nitrogens is 3. The van der Waals surface area contributed by atoms with Crippen molar-refractivity contribution in [3.05, 3.63) is 47.8 Å². The third-order valence-electron chi connectivity index (χ3n) is 8.29. The van der Waals surface area contributed by atoms with E-state index in [0.29, 0.717) is 30.3 Å². The number of pyridine rings is 1. The van der Waals surface area contributed by atoms with Crippen molar-refractivity contribution < 1.29 is 17.9 Å². The normalized spacial score (nSPS) is 20.6. The standard InChI is InChI=1S/C28H35N5O4S/c1-37-19-20-12-15-31(16-13-20)24-18-23(28(34)32-14-5-6-17-38(32,35)36)29-27-25(24)26(21-8-7-9-21)30-33(27)22-10-3-2-4-11-22/h2-4,10-11,18,20-21H,5-9,12-17,19H2,1H3. The number of nitrogens with zero attached hydrogens (tertiary/aromatic N) is 5. The van der Waals surface area contributed by atoms with E-state index in [0.717, 1.165) is 72.1 Å². The van der Waals surface area contributed by atoms with Gasteiger partial charge in [-0.15, -0.1) is 0 Å². The number of fused-ring (bicyclic) bond motifs is 1. The number of amides is 1. The molecule has 1 aliphatic carbocycles. The zero-order chi connectivity index (χ0) is 26.3. The quantitative estimate of drug-likeness (QED) is 0.467. The molecule has 1 saturated carbocycles. The van der Waals surface area contributed by atoms with E-state index in [9.17, 15) is 13.2 Å². The van der Waals surface area contributed by atoms with Crippen LogP contribution >= 0.6 is 0 Å². The van der Waals surface area contributed by atoms with Crippen molar-refractivity contribution >= 4 is 32.7 Å². The van der Waals surface area contributed by atoms with E-state index in [2.05, 4.69) is 4.90 Å². The molecule has 38 heavy (non-hydrogen) atoms. The molecule has 9 nitrogen and oxygen atoms in total. The van der Waals surface area contributed by atoms with Crippen LogP contribution in [0.15, 0.2) is 36.4 Å². The van der Waals surface area contributed by atoms with E-state index in [1.807, 2.05) is 41.1 Å². The molecule has 2 aliphatic heterocycles. The van der Waals surface area contributed by atoms with Gasteiger partial charge < -0.3 is 9.64 Å². The van der Waals surface area contributed by atoms with Gasteiger partial charge in [-0.25, -0.2) is 22.4 Å². The van der Waals surface area contributed by atoms with Gasteiger partial charge in [-0.1, -0.05) is 24.6 Å². The zero-order valence-corrected chi connectivity index (χ0v) is 22.7. The molecule has 3 aliphatic rings. The van der Waals surface area contributed by atoms with Crippen molar-refractivity contribution in [1.29, 1.82) is 0 Å². The molecule has 0 bridgehead atoms. The number of benzene rings is 1. The first kappa shape index (κ1) is 25.3. The number of piperidine rings is 1. The highest BCUT2D eigenvalue weighted by Crippen LogP contribution is 2.43. The van der Waals surface area contributed by atoms with E-state index < -0.39 is 15.9 Å². The smallest absolute Gasteiger partial charge is 0.286 e. The summed E-state index contributed by atoms with van der Waals surface area (Å²) in [5, 5.41) is 6.08. The lowest BCUT2D eigenvalue weighted by molar-refractivity contribution is 0.0850. The van der Waals surface area contributed by atoms with Crippen molar-refractivity contribution in [3.63, 3.8) is 0 Å². The molecule has 0 atom stereocenters. The van der Waals surface area contributed by atoms with Gasteiger partial charge >= 0.3 is 0 Å². The van der Waals surface area contributed by atoms with E-state index in [1.54, 1.807) is 7.11 Å². The number of sulfonamides is 1. The van der Waals surface area contributed by atoms with Gasteiger partial charge in [0.25, 0.3) is 5.91 Å². The highest BCUT2D eigenvalue weighted by Gasteiger charge is 2.35. The van der Waals surface area contributed by atoms with Crippen LogP contribution in [0.3, 0.4) is 0 Å². The second-order valence-electron chi connectivity index (χ2n) is 10.8. The van der Waals surface area contributed by atoms with Gasteiger partial charge in [0.05, 0.1) is 28.2 Å². The van der Waals surface area contributed by atoms with Gasteiger partial charge in [0.15, 0.2) is 5.65 Å². The van der Waals surface area contributed by atoms with Gasteiger partial charge in [0.2, 0.25) is 10.0 Å². The minimum absolute atomic E-state index is 0.00533. The van der Waals surface area contributed by atoms with Crippen molar-refractivity contribution in [1.82, 2.24) is 19.1 Å². The fourth-order valence-electron chi connectivity index (χ4n) is 5.92. The molecular weight excluding hydrogens is 502 g/mol. The molecule has 0 N–H and O–H groups in total. The molecule has 0 radical (unpaired) electrons. The SMILES string of the molecule is COCC1CCN(c2cc(C(=O)N3CCCCS3(=O)=O)nc3c2c(C2CCC2)nn3-c2ccccc2)CC1. The summed E-state index contributed by atoms with van der Waals surface area (Å²) < 4.78 is 33.9. The monoisotopic (exact) mass is 537 g/mol. The van der Waals surface area contributed by atoms with Gasteiger partial charge in [0.1, 0.15) is 5.69 Å². The molecule has 2 aromatic heterocycles. The van der Waals surface area contributed by atoms with Crippen LogP contribution in [0.5, 0.6) is 0 Å². The Morgan fingerprint density at radius 2 is 1.79 bits per heavy atom. The zero-order valence-electron chi connectivity index (χ0n) is 21.9. The number of carbonyl (C=O) groups is 1. The van der Waals surface area contributed by atoms with Crippen LogP contribution in [0.2, 0.25) is 0 Å². The first-order valence-corrected chi connectivity index (χ1v) is 15.3. The summed E-state index contributed by atoms with van der Waals surface area (Å²) in [6, 6.07) is 11.7. The number of rotatable bonds is 6. The Labute approximate surface area is 223 Å². The van der Waals surface area contributed by atoms with Crippen LogP contribution in [-0.4, -0.2) is 72.5 Å². The van der Waals surface area contributed by atoms with Gasteiger partial charge in [-0.2, -0.15) is 5.10 Å². The van der Waals surface area contributed by atoms with Gasteiger partial charge in [-0.05, 0) is 62.6 Å². The fourth-order valence-corrected chi connectivity index (χ4v) is 7.46. The summed E-state index contributed by atoms with van der Waals surface area (Å²) in [6.07, 6.45) is 6.58.